The molecule has 1 aliphatic heterocycles. The third-order valence-corrected chi connectivity index (χ3v) is 3.72. The van der Waals surface area contributed by atoms with Gasteiger partial charge in [-0.15, -0.1) is 6.58 Å². The van der Waals surface area contributed by atoms with E-state index >= 15 is 0 Å². The monoisotopic (exact) mass is 281 g/mol. The lowest BCUT2D eigenvalue weighted by atomic mass is 9.76. The molecule has 2 rings (SSSR count). The number of carbonyl (C=O) groups is 1. The number of hydrogen-bond donors (Lipinski definition) is 2. The summed E-state index contributed by atoms with van der Waals surface area (Å²) in [6.07, 6.45) is 2.11. The zero-order chi connectivity index (χ0) is 14.0. The first kappa shape index (κ1) is 13.9. The molecule has 0 unspecified atom stereocenters. The van der Waals surface area contributed by atoms with Gasteiger partial charge in [-0.1, -0.05) is 23.7 Å². The molecule has 1 aromatic carbocycles. The third-order valence-electron chi connectivity index (χ3n) is 3.48. The Kier molecular flexibility index (Phi) is 3.83. The van der Waals surface area contributed by atoms with Crippen LogP contribution in [0.5, 0.6) is 5.75 Å². The molecule has 1 aliphatic rings. The lowest BCUT2D eigenvalue weighted by Gasteiger charge is -2.47. The molecule has 0 saturated carbocycles. The number of carboxylic acids is 1. The van der Waals surface area contributed by atoms with Gasteiger partial charge in [-0.25, -0.2) is 0 Å². The number of phenols is 1. The summed E-state index contributed by atoms with van der Waals surface area (Å²) in [6.45, 7) is 5.07. The molecule has 2 N–H and O–H groups in total. The normalized spacial score (nSPS) is 17.7. The van der Waals surface area contributed by atoms with Crippen LogP contribution in [-0.2, 0) is 11.3 Å². The van der Waals surface area contributed by atoms with Crippen molar-refractivity contribution in [2.75, 3.05) is 13.1 Å². The summed E-state index contributed by atoms with van der Waals surface area (Å²) in [7, 11) is 0. The van der Waals surface area contributed by atoms with Crippen molar-refractivity contribution >= 4 is 17.6 Å². The number of benzene rings is 1. The summed E-state index contributed by atoms with van der Waals surface area (Å²) in [5, 5.41) is 19.5. The fraction of sp³-hybridized carbons (Fsp3) is 0.357. The number of hydrogen-bond acceptors (Lipinski definition) is 3. The highest BCUT2D eigenvalue weighted by Gasteiger charge is 2.48. The van der Waals surface area contributed by atoms with Crippen molar-refractivity contribution in [3.8, 4) is 5.75 Å². The average molecular weight is 282 g/mol. The van der Waals surface area contributed by atoms with E-state index < -0.39 is 11.4 Å². The number of nitrogens with zero attached hydrogens (tertiary/aromatic N) is 1. The first-order valence-electron chi connectivity index (χ1n) is 6.01. The van der Waals surface area contributed by atoms with Gasteiger partial charge in [0.05, 0.1) is 5.41 Å². The van der Waals surface area contributed by atoms with Gasteiger partial charge < -0.3 is 10.2 Å². The van der Waals surface area contributed by atoms with Crippen molar-refractivity contribution in [2.24, 2.45) is 5.41 Å². The molecule has 5 heteroatoms. The van der Waals surface area contributed by atoms with E-state index in [0.29, 0.717) is 31.1 Å². The second-order valence-electron chi connectivity index (χ2n) is 5.00. The highest BCUT2D eigenvalue weighted by molar-refractivity contribution is 6.30. The quantitative estimate of drug-likeness (QED) is 0.814. The molecule has 1 saturated heterocycles. The van der Waals surface area contributed by atoms with E-state index in [1.165, 1.54) is 6.07 Å². The second-order valence-corrected chi connectivity index (χ2v) is 5.43. The average Bonchev–Trinajstić information content (AvgIpc) is 2.28. The Labute approximate surface area is 116 Å². The molecule has 0 aliphatic carbocycles. The van der Waals surface area contributed by atoms with Crippen LogP contribution in [0.25, 0.3) is 0 Å². The fourth-order valence-corrected chi connectivity index (χ4v) is 2.63. The highest BCUT2D eigenvalue weighted by Crippen LogP contribution is 2.36. The maximum atomic E-state index is 11.3. The Bertz CT molecular complexity index is 509. The minimum atomic E-state index is -0.788. The van der Waals surface area contributed by atoms with Crippen molar-refractivity contribution in [1.29, 1.82) is 0 Å². The topological polar surface area (TPSA) is 60.8 Å². The number of allylic oxidation sites excluding steroid dienone is 1. The Morgan fingerprint density at radius 3 is 2.74 bits per heavy atom. The Balaban J connectivity index is 2.00. The number of carboxylic acid groups (broad SMARTS) is 1. The van der Waals surface area contributed by atoms with Gasteiger partial charge in [0.15, 0.2) is 0 Å². The van der Waals surface area contributed by atoms with Crippen LogP contribution in [0.15, 0.2) is 30.9 Å². The molecule has 1 aromatic rings. The van der Waals surface area contributed by atoms with E-state index in [1.807, 2.05) is 4.90 Å². The molecule has 4 nitrogen and oxygen atoms in total. The molecule has 19 heavy (non-hydrogen) atoms. The first-order chi connectivity index (χ1) is 8.97. The SMILES string of the molecule is C=CCC1(C(=O)O)CN(Cc2ccc(Cl)cc2O)C1. The van der Waals surface area contributed by atoms with E-state index in [9.17, 15) is 15.0 Å². The maximum absolute atomic E-state index is 11.3. The molecule has 102 valence electrons. The van der Waals surface area contributed by atoms with Crippen molar-refractivity contribution in [2.45, 2.75) is 13.0 Å². The predicted molar refractivity (Wildman–Crippen MR) is 73.3 cm³/mol. The number of likely N-dealkylation sites (tertiary alicyclic amines) is 1. The summed E-state index contributed by atoms with van der Waals surface area (Å²) in [4.78, 5) is 13.2. The summed E-state index contributed by atoms with van der Waals surface area (Å²) in [6, 6.07) is 4.96. The summed E-state index contributed by atoms with van der Waals surface area (Å²) >= 11 is 5.77. The molecule has 1 heterocycles. The minimum Gasteiger partial charge on any atom is -0.508 e. The zero-order valence-electron chi connectivity index (χ0n) is 10.5. The number of phenolic OH excluding ortho intramolecular Hbond substituents is 1. The van der Waals surface area contributed by atoms with Gasteiger partial charge in [-0.05, 0) is 18.6 Å². The van der Waals surface area contributed by atoms with Crippen LogP contribution in [0.2, 0.25) is 5.02 Å². The fourth-order valence-electron chi connectivity index (χ4n) is 2.46. The number of aliphatic carboxylic acids is 1. The molecule has 0 radical (unpaired) electrons. The van der Waals surface area contributed by atoms with E-state index in [2.05, 4.69) is 6.58 Å². The van der Waals surface area contributed by atoms with E-state index in [1.54, 1.807) is 18.2 Å². The predicted octanol–water partition coefficient (Wildman–Crippen LogP) is 2.51. The third kappa shape index (κ3) is 2.74. The summed E-state index contributed by atoms with van der Waals surface area (Å²) < 4.78 is 0. The van der Waals surface area contributed by atoms with Gasteiger partial charge in [-0.2, -0.15) is 0 Å². The largest absolute Gasteiger partial charge is 0.508 e. The maximum Gasteiger partial charge on any atom is 0.312 e. The number of halogens is 1. The highest BCUT2D eigenvalue weighted by atomic mass is 35.5. The standard InChI is InChI=1S/C14H16ClNO3/c1-2-5-14(13(18)19)8-16(9-14)7-10-3-4-11(15)6-12(10)17/h2-4,6,17H,1,5,7-9H2,(H,18,19). The molecular weight excluding hydrogens is 266 g/mol. The minimum absolute atomic E-state index is 0.143. The van der Waals surface area contributed by atoms with E-state index in [4.69, 9.17) is 11.6 Å². The zero-order valence-corrected chi connectivity index (χ0v) is 11.2. The van der Waals surface area contributed by atoms with E-state index in [0.717, 1.165) is 5.56 Å². The Morgan fingerprint density at radius 2 is 2.21 bits per heavy atom. The van der Waals surface area contributed by atoms with Crippen molar-refractivity contribution in [3.63, 3.8) is 0 Å². The van der Waals surface area contributed by atoms with E-state index in [-0.39, 0.29) is 5.75 Å². The lowest BCUT2D eigenvalue weighted by Crippen LogP contribution is -2.59. The molecule has 0 aromatic heterocycles. The second kappa shape index (κ2) is 5.23. The molecule has 0 bridgehead atoms. The first-order valence-corrected chi connectivity index (χ1v) is 6.39. The van der Waals surface area contributed by atoms with Crippen molar-refractivity contribution in [3.05, 3.63) is 41.4 Å². The molecule has 0 atom stereocenters. The number of aromatic hydroxyl groups is 1. The smallest absolute Gasteiger partial charge is 0.312 e. The van der Waals surface area contributed by atoms with Crippen LogP contribution < -0.4 is 0 Å². The number of rotatable bonds is 5. The summed E-state index contributed by atoms with van der Waals surface area (Å²) in [5.74, 6) is -0.645. The Hall–Kier alpha value is -1.52. The van der Waals surface area contributed by atoms with Gasteiger partial charge in [0.25, 0.3) is 0 Å². The molecule has 0 amide bonds. The van der Waals surface area contributed by atoms with Crippen LogP contribution in [0.3, 0.4) is 0 Å². The van der Waals surface area contributed by atoms with Crippen molar-refractivity contribution in [1.82, 2.24) is 4.90 Å². The van der Waals surface area contributed by atoms with Crippen LogP contribution in [-0.4, -0.2) is 34.2 Å². The Morgan fingerprint density at radius 1 is 1.53 bits per heavy atom. The van der Waals surface area contributed by atoms with Gasteiger partial charge in [-0.3, -0.25) is 9.69 Å². The van der Waals surface area contributed by atoms with Crippen LogP contribution in [0.4, 0.5) is 0 Å². The molecule has 1 fully saturated rings. The summed E-state index contributed by atoms with van der Waals surface area (Å²) in [5.41, 5.74) is 0.0334. The van der Waals surface area contributed by atoms with Crippen molar-refractivity contribution < 1.29 is 15.0 Å². The van der Waals surface area contributed by atoms with Gasteiger partial charge in [0.2, 0.25) is 0 Å². The van der Waals surface area contributed by atoms with Gasteiger partial charge in [0.1, 0.15) is 5.75 Å². The molecular formula is C14H16ClNO3. The molecule has 0 spiro atoms. The lowest BCUT2D eigenvalue weighted by molar-refractivity contribution is -0.160. The van der Waals surface area contributed by atoms with Gasteiger partial charge in [0, 0.05) is 30.2 Å². The van der Waals surface area contributed by atoms with Crippen LogP contribution >= 0.6 is 11.6 Å². The van der Waals surface area contributed by atoms with Crippen LogP contribution in [0, 0.1) is 5.41 Å². The van der Waals surface area contributed by atoms with Crippen LogP contribution in [0.1, 0.15) is 12.0 Å². The van der Waals surface area contributed by atoms with Gasteiger partial charge >= 0.3 is 5.97 Å².